The lowest BCUT2D eigenvalue weighted by Crippen LogP contribution is -1.89. The van der Waals surface area contributed by atoms with Crippen molar-refractivity contribution in [3.8, 4) is 0 Å². The van der Waals surface area contributed by atoms with Crippen LogP contribution in [-0.4, -0.2) is 30.3 Å². The molecule has 0 spiro atoms. The lowest BCUT2D eigenvalue weighted by atomic mass is 10.7. The summed E-state index contributed by atoms with van der Waals surface area (Å²) in [6.45, 7) is 3.40. The van der Waals surface area contributed by atoms with E-state index in [1.54, 1.807) is 0 Å². The summed E-state index contributed by atoms with van der Waals surface area (Å²) in [4.78, 5) is 6.84. The Kier molecular flexibility index (Phi) is 4.50. The molecule has 0 aliphatic heterocycles. The summed E-state index contributed by atoms with van der Waals surface area (Å²) in [5.41, 5.74) is 0. The molecule has 46 valence electrons. The first-order chi connectivity index (χ1) is 3.81. The number of aliphatic imine (C=N–C) groups is 2. The number of halogens is 1. The average Bonchev–Trinajstić information content (AvgIpc) is 1.83. The van der Waals surface area contributed by atoms with E-state index in [0.29, 0.717) is 0 Å². The van der Waals surface area contributed by atoms with E-state index in [1.165, 1.54) is 0 Å². The second-order valence-corrected chi connectivity index (χ2v) is 1.37. The van der Waals surface area contributed by atoms with Crippen molar-refractivity contribution in [2.24, 2.45) is 9.98 Å². The van der Waals surface area contributed by atoms with Crippen LogP contribution in [0.25, 0.3) is 0 Å². The van der Waals surface area contributed by atoms with E-state index in [0.717, 1.165) is 0 Å². The molecule has 0 atom stereocenters. The summed E-state index contributed by atoms with van der Waals surface area (Å²) in [6.07, 6.45) is 0. The molecule has 0 unspecified atom stereocenters. The molecule has 0 radical (unpaired) electrons. The number of nitrogens with zero attached hydrogens (tertiary/aromatic N) is 2. The SMILES string of the molecule is C=NC(Cl)=NCCO. The van der Waals surface area contributed by atoms with Gasteiger partial charge in [0.2, 0.25) is 5.29 Å². The minimum absolute atomic E-state index is 0.00819. The van der Waals surface area contributed by atoms with Crippen molar-refractivity contribution in [1.82, 2.24) is 0 Å². The fourth-order valence-electron chi connectivity index (χ4n) is 0.192. The van der Waals surface area contributed by atoms with Crippen LogP contribution in [0.15, 0.2) is 9.98 Å². The summed E-state index contributed by atoms with van der Waals surface area (Å²) in [6, 6.07) is 0. The highest BCUT2D eigenvalue weighted by molar-refractivity contribution is 6.65. The van der Waals surface area contributed by atoms with Gasteiger partial charge in [-0.15, -0.1) is 0 Å². The normalized spacial score (nSPS) is 11.5. The Bertz CT molecular complexity index is 102. The summed E-state index contributed by atoms with van der Waals surface area (Å²) >= 11 is 5.25. The molecule has 0 aliphatic carbocycles. The summed E-state index contributed by atoms with van der Waals surface area (Å²) in [5.74, 6) is 0. The molecule has 0 bridgehead atoms. The Hall–Kier alpha value is -0.410. The van der Waals surface area contributed by atoms with Gasteiger partial charge in [-0.25, -0.2) is 4.99 Å². The first-order valence-electron chi connectivity index (χ1n) is 2.08. The largest absolute Gasteiger partial charge is 0.394 e. The van der Waals surface area contributed by atoms with Crippen LogP contribution in [0.2, 0.25) is 0 Å². The van der Waals surface area contributed by atoms with Crippen LogP contribution in [0.3, 0.4) is 0 Å². The molecule has 8 heavy (non-hydrogen) atoms. The fraction of sp³-hybridized carbons (Fsp3) is 0.500. The zero-order valence-corrected chi connectivity index (χ0v) is 5.10. The van der Waals surface area contributed by atoms with Crippen LogP contribution in [0.1, 0.15) is 0 Å². The van der Waals surface area contributed by atoms with Gasteiger partial charge in [0.25, 0.3) is 0 Å². The molecule has 0 aliphatic rings. The molecular formula is C4H7ClN2O. The quantitative estimate of drug-likeness (QED) is 0.329. The van der Waals surface area contributed by atoms with Crippen LogP contribution in [0, 0.1) is 0 Å². The van der Waals surface area contributed by atoms with E-state index < -0.39 is 0 Å². The molecule has 0 aromatic carbocycles. The molecule has 3 nitrogen and oxygen atoms in total. The van der Waals surface area contributed by atoms with Crippen LogP contribution < -0.4 is 0 Å². The standard InChI is InChI=1S/C4H7ClN2O/c1-6-4(5)7-2-3-8/h8H,1-3H2. The highest BCUT2D eigenvalue weighted by Gasteiger charge is 1.81. The second-order valence-electron chi connectivity index (χ2n) is 1.03. The lowest BCUT2D eigenvalue weighted by molar-refractivity contribution is 0.307. The van der Waals surface area contributed by atoms with E-state index in [9.17, 15) is 0 Å². The molecule has 0 heterocycles. The van der Waals surface area contributed by atoms with Crippen molar-refractivity contribution in [2.45, 2.75) is 0 Å². The van der Waals surface area contributed by atoms with Gasteiger partial charge in [0.1, 0.15) is 0 Å². The van der Waals surface area contributed by atoms with Crippen molar-refractivity contribution in [3.63, 3.8) is 0 Å². The smallest absolute Gasteiger partial charge is 0.217 e. The van der Waals surface area contributed by atoms with E-state index in [-0.39, 0.29) is 18.4 Å². The first-order valence-corrected chi connectivity index (χ1v) is 2.46. The van der Waals surface area contributed by atoms with Gasteiger partial charge >= 0.3 is 0 Å². The monoisotopic (exact) mass is 134 g/mol. The molecular weight excluding hydrogens is 128 g/mol. The van der Waals surface area contributed by atoms with Crippen LogP contribution in [0.5, 0.6) is 0 Å². The number of hydrogen-bond acceptors (Lipinski definition) is 2. The topological polar surface area (TPSA) is 45.0 Å². The lowest BCUT2D eigenvalue weighted by Gasteiger charge is -1.84. The minimum atomic E-state index is -0.00819. The molecule has 0 fully saturated rings. The predicted octanol–water partition coefficient (Wildman–Crippen LogP) is 0.274. The Morgan fingerprint density at radius 1 is 1.75 bits per heavy atom. The van der Waals surface area contributed by atoms with Crippen molar-refractivity contribution >= 4 is 23.6 Å². The molecule has 1 N–H and O–H groups in total. The van der Waals surface area contributed by atoms with E-state index in [2.05, 4.69) is 16.7 Å². The average molecular weight is 135 g/mol. The molecule has 0 rings (SSSR count). The Balaban J connectivity index is 3.40. The molecule has 0 aromatic heterocycles. The maximum Gasteiger partial charge on any atom is 0.217 e. The van der Waals surface area contributed by atoms with Crippen LogP contribution >= 0.6 is 11.6 Å². The van der Waals surface area contributed by atoms with Gasteiger partial charge in [-0.2, -0.15) is 0 Å². The van der Waals surface area contributed by atoms with Gasteiger partial charge in [0.15, 0.2) is 0 Å². The molecule has 0 amide bonds. The van der Waals surface area contributed by atoms with Crippen molar-refractivity contribution in [3.05, 3.63) is 0 Å². The van der Waals surface area contributed by atoms with Crippen LogP contribution in [-0.2, 0) is 0 Å². The third-order valence-electron chi connectivity index (χ3n) is 0.473. The number of aliphatic hydroxyl groups is 1. The maximum atomic E-state index is 8.18. The predicted molar refractivity (Wildman–Crippen MR) is 34.8 cm³/mol. The van der Waals surface area contributed by atoms with Gasteiger partial charge in [0.05, 0.1) is 13.2 Å². The Morgan fingerprint density at radius 3 is 2.75 bits per heavy atom. The molecule has 0 saturated carbocycles. The highest BCUT2D eigenvalue weighted by Crippen LogP contribution is 1.84. The van der Waals surface area contributed by atoms with Crippen molar-refractivity contribution in [2.75, 3.05) is 13.2 Å². The summed E-state index contributed by atoms with van der Waals surface area (Å²) in [7, 11) is 0. The van der Waals surface area contributed by atoms with Crippen LogP contribution in [0.4, 0.5) is 0 Å². The van der Waals surface area contributed by atoms with E-state index >= 15 is 0 Å². The molecule has 0 aromatic rings. The highest BCUT2D eigenvalue weighted by atomic mass is 35.5. The summed E-state index contributed by atoms with van der Waals surface area (Å²) < 4.78 is 0. The first kappa shape index (κ1) is 7.59. The van der Waals surface area contributed by atoms with Crippen molar-refractivity contribution in [1.29, 1.82) is 0 Å². The van der Waals surface area contributed by atoms with E-state index in [1.807, 2.05) is 0 Å². The maximum absolute atomic E-state index is 8.18. The van der Waals surface area contributed by atoms with Gasteiger partial charge in [0, 0.05) is 0 Å². The number of hydrogen-bond donors (Lipinski definition) is 1. The zero-order chi connectivity index (χ0) is 6.41. The molecule has 0 saturated heterocycles. The Labute approximate surface area is 52.7 Å². The fourth-order valence-corrected chi connectivity index (χ4v) is 0.277. The third kappa shape index (κ3) is 3.77. The Morgan fingerprint density at radius 2 is 2.38 bits per heavy atom. The van der Waals surface area contributed by atoms with Crippen molar-refractivity contribution < 1.29 is 5.11 Å². The van der Waals surface area contributed by atoms with Gasteiger partial charge in [-0.05, 0) is 18.3 Å². The van der Waals surface area contributed by atoms with E-state index in [4.69, 9.17) is 16.7 Å². The molecule has 4 heteroatoms. The minimum Gasteiger partial charge on any atom is -0.394 e. The summed E-state index contributed by atoms with van der Waals surface area (Å²) in [5, 5.41) is 8.28. The second kappa shape index (κ2) is 4.74. The number of rotatable bonds is 2. The van der Waals surface area contributed by atoms with Gasteiger partial charge < -0.3 is 5.11 Å². The van der Waals surface area contributed by atoms with Gasteiger partial charge in [-0.3, -0.25) is 4.99 Å². The third-order valence-corrected chi connectivity index (χ3v) is 0.712. The number of amidine groups is 1. The van der Waals surface area contributed by atoms with Gasteiger partial charge in [-0.1, -0.05) is 0 Å². The zero-order valence-electron chi connectivity index (χ0n) is 4.34. The number of aliphatic hydroxyl groups excluding tert-OH is 1.